The molecule has 2 unspecified atom stereocenters. The van der Waals surface area contributed by atoms with Crippen LogP contribution in [0.3, 0.4) is 0 Å². The Morgan fingerprint density at radius 2 is 1.78 bits per heavy atom. The van der Waals surface area contributed by atoms with E-state index in [0.29, 0.717) is 23.7 Å². The number of aliphatic hydroxyl groups excluding tert-OH is 2. The zero-order chi connectivity index (χ0) is 25.9. The lowest BCUT2D eigenvalue weighted by Gasteiger charge is -2.66. The molecule has 10 atom stereocenters. The molecule has 5 rings (SSSR count). The lowest BCUT2D eigenvalue weighted by atomic mass is 9.39. The quantitative estimate of drug-likeness (QED) is 0.440. The summed E-state index contributed by atoms with van der Waals surface area (Å²) in [4.78, 5) is 0. The van der Waals surface area contributed by atoms with Crippen LogP contribution in [-0.4, -0.2) is 40.2 Å². The number of fused-ring (bicyclic) bond motifs is 5. The molecule has 4 saturated carbocycles. The van der Waals surface area contributed by atoms with Crippen molar-refractivity contribution in [3.8, 4) is 5.75 Å². The Kier molecular flexibility index (Phi) is 6.83. The summed E-state index contributed by atoms with van der Waals surface area (Å²) in [7, 11) is 1.71. The normalized spacial score (nSPS) is 45.8. The van der Waals surface area contributed by atoms with Crippen LogP contribution in [0, 0.1) is 39.9 Å². The highest BCUT2D eigenvalue weighted by molar-refractivity contribution is 5.28. The second-order valence-corrected chi connectivity index (χ2v) is 14.1. The first-order chi connectivity index (χ1) is 16.9. The molecule has 0 radical (unpaired) electrons. The van der Waals surface area contributed by atoms with Crippen LogP contribution in [-0.2, 0) is 6.42 Å². The van der Waals surface area contributed by atoms with Gasteiger partial charge in [-0.25, -0.2) is 0 Å². The summed E-state index contributed by atoms with van der Waals surface area (Å²) >= 11 is 0. The molecule has 0 aromatic heterocycles. The third kappa shape index (κ3) is 4.05. The van der Waals surface area contributed by atoms with Crippen LogP contribution in [0.25, 0.3) is 0 Å². The average Bonchev–Trinajstić information content (AvgIpc) is 3.20. The van der Waals surface area contributed by atoms with Gasteiger partial charge in [-0.2, -0.15) is 0 Å². The summed E-state index contributed by atoms with van der Waals surface area (Å²) in [6.07, 6.45) is 10.3. The van der Waals surface area contributed by atoms with Gasteiger partial charge in [0.15, 0.2) is 0 Å². The predicted molar refractivity (Wildman–Crippen MR) is 144 cm³/mol. The molecule has 4 heteroatoms. The Morgan fingerprint density at radius 1 is 1.00 bits per heavy atom. The van der Waals surface area contributed by atoms with Gasteiger partial charge >= 0.3 is 0 Å². The first kappa shape index (κ1) is 26.5. The van der Waals surface area contributed by atoms with Crippen molar-refractivity contribution in [1.29, 1.82) is 0 Å². The zero-order valence-electron chi connectivity index (χ0n) is 23.3. The predicted octanol–water partition coefficient (Wildman–Crippen LogP) is 6.15. The molecule has 1 aromatic rings. The molecule has 0 heterocycles. The fourth-order valence-electron chi connectivity index (χ4n) is 10.3. The number of ether oxygens (including phenoxy) is 1. The van der Waals surface area contributed by atoms with E-state index in [1.54, 1.807) is 7.11 Å². The minimum Gasteiger partial charge on any atom is -0.497 e. The zero-order valence-corrected chi connectivity index (χ0v) is 23.3. The summed E-state index contributed by atoms with van der Waals surface area (Å²) in [5.41, 5.74) is 0.636. The van der Waals surface area contributed by atoms with Crippen molar-refractivity contribution in [1.82, 2.24) is 0 Å². The number of hydrogen-bond acceptors (Lipinski definition) is 4. The second-order valence-electron chi connectivity index (χ2n) is 14.1. The molecule has 0 spiro atoms. The maximum absolute atomic E-state index is 11.9. The SMILES string of the molecule is COc1cccc(CCC[C@](C)(O)C2CC[C@H]3C4C[C@H](O)[C@@]5(C)C[C@@H](O)CC[C@]5(C)[C@H]4CC[C@]23C)c1. The summed E-state index contributed by atoms with van der Waals surface area (Å²) in [6, 6.07) is 8.29. The first-order valence-corrected chi connectivity index (χ1v) is 14.7. The van der Waals surface area contributed by atoms with E-state index in [9.17, 15) is 15.3 Å². The van der Waals surface area contributed by atoms with Crippen LogP contribution in [0.5, 0.6) is 5.75 Å². The molecule has 0 aliphatic heterocycles. The molecule has 4 aliphatic rings. The molecule has 4 fully saturated rings. The number of hydrogen-bond donors (Lipinski definition) is 3. The molecular formula is C32H50O4. The molecule has 4 aliphatic carbocycles. The van der Waals surface area contributed by atoms with Gasteiger partial charge in [-0.05, 0) is 130 Å². The van der Waals surface area contributed by atoms with Crippen LogP contribution in [0.2, 0.25) is 0 Å². The van der Waals surface area contributed by atoms with Gasteiger partial charge in [0.1, 0.15) is 5.75 Å². The Labute approximate surface area is 218 Å². The largest absolute Gasteiger partial charge is 0.497 e. The summed E-state index contributed by atoms with van der Waals surface area (Å²) in [5.74, 6) is 2.94. The Balaban J connectivity index is 1.30. The summed E-state index contributed by atoms with van der Waals surface area (Å²) < 4.78 is 5.38. The van der Waals surface area contributed by atoms with Gasteiger partial charge in [-0.15, -0.1) is 0 Å². The van der Waals surface area contributed by atoms with Gasteiger partial charge in [0.2, 0.25) is 0 Å². The number of methoxy groups -OCH3 is 1. The van der Waals surface area contributed by atoms with Crippen molar-refractivity contribution in [2.24, 2.45) is 39.9 Å². The first-order valence-electron chi connectivity index (χ1n) is 14.7. The molecule has 0 saturated heterocycles. The van der Waals surface area contributed by atoms with E-state index in [4.69, 9.17) is 4.74 Å². The molecule has 4 nitrogen and oxygen atoms in total. The standard InChI is InChI=1S/C32H50O4/c1-29-16-14-26-24(19-28(34)31(3)20-22(33)13-17-30(26,31)2)25(29)11-12-27(29)32(4,35)15-7-9-21-8-6-10-23(18-21)36-5/h6,8,10,18,22,24-28,33-35H,7,9,11-17,19-20H2,1-5H3/t22-,24?,25-,26-,27?,28-,29-,30+,31+,32-/m0/s1. The number of aryl methyl sites for hydroxylation is 1. The van der Waals surface area contributed by atoms with Crippen LogP contribution in [0.4, 0.5) is 0 Å². The summed E-state index contributed by atoms with van der Waals surface area (Å²) in [6.45, 7) is 9.26. The highest BCUT2D eigenvalue weighted by Gasteiger charge is 2.67. The number of benzene rings is 1. The molecule has 202 valence electrons. The molecule has 3 N–H and O–H groups in total. The van der Waals surface area contributed by atoms with E-state index >= 15 is 0 Å². The third-order valence-electron chi connectivity index (χ3n) is 12.5. The lowest BCUT2D eigenvalue weighted by molar-refractivity contribution is -0.222. The number of rotatable bonds is 6. The van der Waals surface area contributed by atoms with E-state index in [0.717, 1.165) is 57.1 Å². The van der Waals surface area contributed by atoms with Crippen molar-refractivity contribution in [2.45, 2.75) is 116 Å². The van der Waals surface area contributed by atoms with E-state index in [1.165, 1.54) is 24.8 Å². The monoisotopic (exact) mass is 498 g/mol. The maximum atomic E-state index is 11.9. The van der Waals surface area contributed by atoms with Crippen molar-refractivity contribution in [3.63, 3.8) is 0 Å². The molecule has 0 bridgehead atoms. The maximum Gasteiger partial charge on any atom is 0.119 e. The molecular weight excluding hydrogens is 448 g/mol. The minimum atomic E-state index is -0.671. The minimum absolute atomic E-state index is 0.0905. The Morgan fingerprint density at radius 3 is 2.53 bits per heavy atom. The highest BCUT2D eigenvalue weighted by Crippen LogP contribution is 2.71. The van der Waals surface area contributed by atoms with Crippen LogP contribution in [0.1, 0.15) is 97.5 Å². The highest BCUT2D eigenvalue weighted by atomic mass is 16.5. The fourth-order valence-corrected chi connectivity index (χ4v) is 10.3. The smallest absolute Gasteiger partial charge is 0.119 e. The van der Waals surface area contributed by atoms with Gasteiger partial charge in [-0.3, -0.25) is 0 Å². The second kappa shape index (κ2) is 9.27. The lowest BCUT2D eigenvalue weighted by Crippen LogP contribution is -2.63. The van der Waals surface area contributed by atoms with Crippen LogP contribution >= 0.6 is 0 Å². The van der Waals surface area contributed by atoms with Crippen molar-refractivity contribution < 1.29 is 20.1 Å². The fraction of sp³-hybridized carbons (Fsp3) is 0.812. The van der Waals surface area contributed by atoms with E-state index in [2.05, 4.69) is 39.8 Å². The van der Waals surface area contributed by atoms with Crippen molar-refractivity contribution in [2.75, 3.05) is 7.11 Å². The van der Waals surface area contributed by atoms with Gasteiger partial charge < -0.3 is 20.1 Å². The topological polar surface area (TPSA) is 69.9 Å². The van der Waals surface area contributed by atoms with Crippen molar-refractivity contribution in [3.05, 3.63) is 29.8 Å². The molecule has 0 amide bonds. The Bertz CT molecular complexity index is 944. The van der Waals surface area contributed by atoms with Gasteiger partial charge in [-0.1, -0.05) is 32.9 Å². The van der Waals surface area contributed by atoms with E-state index in [-0.39, 0.29) is 28.5 Å². The van der Waals surface area contributed by atoms with Crippen LogP contribution in [0.15, 0.2) is 24.3 Å². The van der Waals surface area contributed by atoms with E-state index in [1.807, 2.05) is 12.1 Å². The Hall–Kier alpha value is -1.10. The third-order valence-corrected chi connectivity index (χ3v) is 12.5. The van der Waals surface area contributed by atoms with E-state index < -0.39 is 5.60 Å². The van der Waals surface area contributed by atoms with Gasteiger partial charge in [0.05, 0.1) is 24.9 Å². The van der Waals surface area contributed by atoms with Gasteiger partial charge in [0.25, 0.3) is 0 Å². The average molecular weight is 499 g/mol. The molecule has 36 heavy (non-hydrogen) atoms. The van der Waals surface area contributed by atoms with Gasteiger partial charge in [0, 0.05) is 5.41 Å². The van der Waals surface area contributed by atoms with Crippen molar-refractivity contribution >= 4 is 0 Å². The summed E-state index contributed by atoms with van der Waals surface area (Å²) in [5, 5.41) is 33.8. The molecule has 1 aromatic carbocycles. The number of aliphatic hydroxyl groups is 3. The van der Waals surface area contributed by atoms with Crippen LogP contribution < -0.4 is 4.74 Å².